The summed E-state index contributed by atoms with van der Waals surface area (Å²) in [7, 11) is 1.26. The summed E-state index contributed by atoms with van der Waals surface area (Å²) in [6, 6.07) is 7.34. The molecule has 0 saturated heterocycles. The van der Waals surface area contributed by atoms with E-state index in [9.17, 15) is 14.4 Å². The maximum Gasteiger partial charge on any atom is 0.360 e. The predicted octanol–water partition coefficient (Wildman–Crippen LogP) is 1.82. The van der Waals surface area contributed by atoms with E-state index in [2.05, 4.69) is 14.7 Å². The number of hydrogen-bond donors (Lipinski definition) is 0. The van der Waals surface area contributed by atoms with Crippen molar-refractivity contribution in [2.24, 2.45) is 0 Å². The number of imidazole rings is 1. The number of ether oxygens (including phenoxy) is 1. The van der Waals surface area contributed by atoms with Crippen LogP contribution in [0.3, 0.4) is 0 Å². The van der Waals surface area contributed by atoms with Gasteiger partial charge in [-0.3, -0.25) is 9.36 Å². The molecule has 4 aromatic rings. The summed E-state index contributed by atoms with van der Waals surface area (Å²) in [5.41, 5.74) is 1.33. The molecule has 1 fully saturated rings. The minimum absolute atomic E-state index is 0.0362. The van der Waals surface area contributed by atoms with E-state index < -0.39 is 17.2 Å². The number of carbonyl (C=O) groups is 1. The molecule has 10 heteroatoms. The van der Waals surface area contributed by atoms with Gasteiger partial charge in [-0.15, -0.1) is 0 Å². The minimum atomic E-state index is -0.616. The van der Waals surface area contributed by atoms with Crippen molar-refractivity contribution in [3.05, 3.63) is 74.8 Å². The van der Waals surface area contributed by atoms with E-state index in [1.54, 1.807) is 4.57 Å². The first kappa shape index (κ1) is 19.0. The molecule has 3 heterocycles. The molecule has 31 heavy (non-hydrogen) atoms. The van der Waals surface area contributed by atoms with Crippen molar-refractivity contribution in [1.82, 2.24) is 23.7 Å². The lowest BCUT2D eigenvalue weighted by Gasteiger charge is -2.13. The summed E-state index contributed by atoms with van der Waals surface area (Å²) in [6.07, 6.45) is 4.24. The Kier molecular flexibility index (Phi) is 4.35. The van der Waals surface area contributed by atoms with Crippen LogP contribution in [-0.2, 0) is 11.3 Å². The first-order chi connectivity index (χ1) is 15.0. The fourth-order valence-electron chi connectivity index (χ4n) is 3.69. The molecule has 0 bridgehead atoms. The van der Waals surface area contributed by atoms with E-state index in [0.29, 0.717) is 5.69 Å². The number of hydrogen-bond acceptors (Lipinski definition) is 7. The normalized spacial score (nSPS) is 13.6. The number of rotatable bonds is 5. The highest BCUT2D eigenvalue weighted by atomic mass is 16.5. The van der Waals surface area contributed by atoms with Crippen LogP contribution in [0.15, 0.2) is 50.9 Å². The fraction of sp³-hybridized carbons (Fsp3) is 0.286. The summed E-state index contributed by atoms with van der Waals surface area (Å²) in [4.78, 5) is 46.7. The Morgan fingerprint density at radius 3 is 2.74 bits per heavy atom. The molecule has 0 aliphatic heterocycles. The molecular weight excluding hydrogens is 402 g/mol. The summed E-state index contributed by atoms with van der Waals surface area (Å²) >= 11 is 0. The van der Waals surface area contributed by atoms with Crippen LogP contribution in [0.1, 0.15) is 40.8 Å². The molecule has 1 saturated carbocycles. The minimum Gasteiger partial charge on any atom is -0.464 e. The van der Waals surface area contributed by atoms with Crippen LogP contribution >= 0.6 is 0 Å². The van der Waals surface area contributed by atoms with Gasteiger partial charge < -0.3 is 13.7 Å². The van der Waals surface area contributed by atoms with Crippen LogP contribution < -0.4 is 11.2 Å². The molecule has 0 unspecified atom stereocenters. The number of nitrogens with zero attached hydrogens (tertiary/aromatic N) is 5. The number of para-hydroxylation sites is 1. The summed E-state index contributed by atoms with van der Waals surface area (Å²) < 4.78 is 14.4. The van der Waals surface area contributed by atoms with Crippen LogP contribution in [-0.4, -0.2) is 36.7 Å². The molecule has 5 rings (SSSR count). The third-order valence-electron chi connectivity index (χ3n) is 5.37. The quantitative estimate of drug-likeness (QED) is 0.452. The summed E-state index contributed by atoms with van der Waals surface area (Å²) in [5, 5.41) is 0. The molecule has 1 aliphatic rings. The van der Waals surface area contributed by atoms with E-state index in [-0.39, 0.29) is 35.3 Å². The SMILES string of the molecule is COC(=O)c1coc(Cn2cnc3c2c(=O)n(C2CC2)c(=O)n3-c2ccccc2C)n1. The van der Waals surface area contributed by atoms with Crippen molar-refractivity contribution in [1.29, 1.82) is 0 Å². The van der Waals surface area contributed by atoms with Gasteiger partial charge in [0.25, 0.3) is 5.56 Å². The van der Waals surface area contributed by atoms with Crippen LogP contribution in [0.4, 0.5) is 0 Å². The van der Waals surface area contributed by atoms with Crippen molar-refractivity contribution < 1.29 is 13.9 Å². The molecule has 0 radical (unpaired) electrons. The second-order valence-electron chi connectivity index (χ2n) is 7.47. The van der Waals surface area contributed by atoms with E-state index in [4.69, 9.17) is 4.42 Å². The van der Waals surface area contributed by atoms with Gasteiger partial charge in [0.2, 0.25) is 5.89 Å². The van der Waals surface area contributed by atoms with Gasteiger partial charge in [0.1, 0.15) is 12.8 Å². The topological polar surface area (TPSA) is 114 Å². The first-order valence-electron chi connectivity index (χ1n) is 9.80. The number of methoxy groups -OCH3 is 1. The predicted molar refractivity (Wildman–Crippen MR) is 110 cm³/mol. The van der Waals surface area contributed by atoms with Crippen molar-refractivity contribution in [3.63, 3.8) is 0 Å². The van der Waals surface area contributed by atoms with Crippen molar-refractivity contribution >= 4 is 17.1 Å². The van der Waals surface area contributed by atoms with Gasteiger partial charge in [-0.1, -0.05) is 18.2 Å². The number of aryl methyl sites for hydroxylation is 1. The molecule has 158 valence electrons. The molecule has 1 aromatic carbocycles. The van der Waals surface area contributed by atoms with Crippen LogP contribution in [0.5, 0.6) is 0 Å². The summed E-state index contributed by atoms with van der Waals surface area (Å²) in [6.45, 7) is 1.97. The maximum absolute atomic E-state index is 13.3. The van der Waals surface area contributed by atoms with Crippen LogP contribution in [0.2, 0.25) is 0 Å². The molecule has 3 aromatic heterocycles. The molecule has 0 spiro atoms. The maximum atomic E-state index is 13.3. The zero-order chi connectivity index (χ0) is 21.7. The van der Waals surface area contributed by atoms with Crippen molar-refractivity contribution in [3.8, 4) is 5.69 Å². The van der Waals surface area contributed by atoms with E-state index >= 15 is 0 Å². The first-order valence-corrected chi connectivity index (χ1v) is 9.80. The van der Waals surface area contributed by atoms with Gasteiger partial charge >= 0.3 is 11.7 Å². The number of oxazole rings is 1. The van der Waals surface area contributed by atoms with E-state index in [0.717, 1.165) is 18.4 Å². The van der Waals surface area contributed by atoms with Gasteiger partial charge in [0, 0.05) is 6.04 Å². The monoisotopic (exact) mass is 421 g/mol. The average Bonchev–Trinajstić information content (AvgIpc) is 3.33. The van der Waals surface area contributed by atoms with Gasteiger partial charge in [0.15, 0.2) is 16.9 Å². The van der Waals surface area contributed by atoms with Gasteiger partial charge in [0.05, 0.1) is 19.1 Å². The highest BCUT2D eigenvalue weighted by Crippen LogP contribution is 2.32. The Balaban J connectivity index is 1.71. The smallest absolute Gasteiger partial charge is 0.360 e. The van der Waals surface area contributed by atoms with E-state index in [1.807, 2.05) is 31.2 Å². The molecular formula is C21H19N5O5. The van der Waals surface area contributed by atoms with E-state index in [1.165, 1.54) is 28.8 Å². The lowest BCUT2D eigenvalue weighted by molar-refractivity contribution is 0.0594. The standard InChI is InChI=1S/C21H19N5O5/c1-12-5-3-4-6-15(12)26-18-17(19(27)25(21(26)29)13-7-8-13)24(11-22-18)9-16-23-14(10-31-16)20(28)30-2/h3-6,10-11,13H,7-9H2,1-2H3. The van der Waals surface area contributed by atoms with Crippen LogP contribution in [0, 0.1) is 6.92 Å². The zero-order valence-electron chi connectivity index (χ0n) is 16.9. The number of carbonyl (C=O) groups excluding carboxylic acids is 1. The fourth-order valence-corrected chi connectivity index (χ4v) is 3.69. The third kappa shape index (κ3) is 3.07. The molecule has 10 nitrogen and oxygen atoms in total. The Labute approximate surface area is 175 Å². The highest BCUT2D eigenvalue weighted by molar-refractivity contribution is 5.86. The van der Waals surface area contributed by atoms with Gasteiger partial charge in [-0.2, -0.15) is 0 Å². The Bertz CT molecular complexity index is 1440. The van der Waals surface area contributed by atoms with Gasteiger partial charge in [-0.05, 0) is 31.4 Å². The average molecular weight is 421 g/mol. The molecule has 0 amide bonds. The van der Waals surface area contributed by atoms with Crippen molar-refractivity contribution in [2.75, 3.05) is 7.11 Å². The number of benzene rings is 1. The Hall–Kier alpha value is -3.95. The second-order valence-corrected chi connectivity index (χ2v) is 7.47. The molecule has 1 aliphatic carbocycles. The van der Waals surface area contributed by atoms with Gasteiger partial charge in [-0.25, -0.2) is 24.1 Å². The molecule has 0 atom stereocenters. The largest absolute Gasteiger partial charge is 0.464 e. The summed E-state index contributed by atoms with van der Waals surface area (Å²) in [5.74, 6) is -0.402. The van der Waals surface area contributed by atoms with Crippen molar-refractivity contribution in [2.45, 2.75) is 32.4 Å². The second kappa shape index (κ2) is 7.08. The number of fused-ring (bicyclic) bond motifs is 1. The highest BCUT2D eigenvalue weighted by Gasteiger charge is 2.31. The lowest BCUT2D eigenvalue weighted by Crippen LogP contribution is -2.39. The third-order valence-corrected chi connectivity index (χ3v) is 5.37. The van der Waals surface area contributed by atoms with Crippen LogP contribution in [0.25, 0.3) is 16.9 Å². The Morgan fingerprint density at radius 2 is 2.03 bits per heavy atom. The molecule has 0 N–H and O–H groups in total. The number of aromatic nitrogens is 5. The zero-order valence-corrected chi connectivity index (χ0v) is 16.9. The number of esters is 1. The lowest BCUT2D eigenvalue weighted by atomic mass is 10.2. The Morgan fingerprint density at radius 1 is 1.26 bits per heavy atom.